The molecule has 278 valence electrons. The summed E-state index contributed by atoms with van der Waals surface area (Å²) < 4.78 is 9.40. The predicted octanol–water partition coefficient (Wildman–Crippen LogP) is 13.9. The monoisotopic (exact) mass is 747 g/mol. The second kappa shape index (κ2) is 12.1. The van der Waals surface area contributed by atoms with Crippen molar-refractivity contribution in [2.75, 3.05) is 0 Å². The lowest BCUT2D eigenvalue weighted by atomic mass is 9.70. The molecule has 12 rings (SSSR count). The summed E-state index contributed by atoms with van der Waals surface area (Å²) in [5.74, 6) is 1.04. The van der Waals surface area contributed by atoms with Crippen molar-refractivity contribution in [2.45, 2.75) is 50.4 Å². The zero-order valence-corrected chi connectivity index (χ0v) is 32.8. The van der Waals surface area contributed by atoms with Gasteiger partial charge in [-0.05, 0) is 71.0 Å². The molecule has 4 nitrogen and oxygen atoms in total. The van der Waals surface area contributed by atoms with Gasteiger partial charge in [-0.3, -0.25) is 0 Å². The van der Waals surface area contributed by atoms with E-state index in [1.807, 2.05) is 0 Å². The van der Waals surface area contributed by atoms with Crippen LogP contribution in [0.1, 0.15) is 61.9 Å². The molecule has 0 aliphatic heterocycles. The second-order valence-corrected chi connectivity index (χ2v) is 17.0. The molecule has 4 heteroatoms. The number of aromatic nitrogens is 3. The first-order valence-corrected chi connectivity index (χ1v) is 20.5. The van der Waals surface area contributed by atoms with Gasteiger partial charge in [-0.1, -0.05) is 154 Å². The van der Waals surface area contributed by atoms with Crippen LogP contribution in [0.5, 0.6) is 0 Å². The van der Waals surface area contributed by atoms with E-state index in [2.05, 4.69) is 189 Å². The summed E-state index contributed by atoms with van der Waals surface area (Å²) in [4.78, 5) is 10.6. The minimum Gasteiger partial charge on any atom is -0.454 e. The molecule has 9 aromatic rings. The van der Waals surface area contributed by atoms with Crippen LogP contribution in [0.3, 0.4) is 0 Å². The molecule has 3 aliphatic carbocycles. The summed E-state index contributed by atoms with van der Waals surface area (Å²) in [6.45, 7) is 7.24. The predicted molar refractivity (Wildman–Crippen MR) is 240 cm³/mol. The lowest BCUT2D eigenvalue weighted by Gasteiger charge is -2.33. The molecule has 0 saturated heterocycles. The fourth-order valence-corrected chi connectivity index (χ4v) is 10.8. The minimum absolute atomic E-state index is 0.0551. The molecule has 6 aromatic carbocycles. The molecule has 2 unspecified atom stereocenters. The van der Waals surface area contributed by atoms with Crippen molar-refractivity contribution in [3.05, 3.63) is 192 Å². The molecule has 58 heavy (non-hydrogen) atoms. The zero-order valence-electron chi connectivity index (χ0n) is 32.8. The van der Waals surface area contributed by atoms with Crippen LogP contribution in [0.25, 0.3) is 77.3 Å². The topological polar surface area (TPSA) is 43.9 Å². The Morgan fingerprint density at radius 1 is 0.707 bits per heavy atom. The fraction of sp³-hybridized carbons (Fsp3) is 0.148. The summed E-state index contributed by atoms with van der Waals surface area (Å²) in [7, 11) is 0. The van der Waals surface area contributed by atoms with E-state index in [0.717, 1.165) is 68.2 Å². The highest BCUT2D eigenvalue weighted by Crippen LogP contribution is 2.59. The molecule has 0 saturated carbocycles. The van der Waals surface area contributed by atoms with Gasteiger partial charge in [-0.15, -0.1) is 0 Å². The van der Waals surface area contributed by atoms with E-state index in [1.54, 1.807) is 0 Å². The number of fused-ring (bicyclic) bond motifs is 11. The largest absolute Gasteiger partial charge is 0.454 e. The SMILES string of the molecule is CC1(C)C2=CC=CCC2(C)c2c1ccc1c2c2ccccc2n1-c1cccc2c1oc1cccc(-c3nc(C4=CCC(c5ccccc5)C=C4)c4ccccc4n3)c12. The first-order valence-electron chi connectivity index (χ1n) is 20.5. The fourth-order valence-electron chi connectivity index (χ4n) is 10.8. The third-order valence-corrected chi connectivity index (χ3v) is 13.4. The number of nitrogens with zero attached hydrogens (tertiary/aromatic N) is 3. The van der Waals surface area contributed by atoms with Crippen molar-refractivity contribution < 1.29 is 4.42 Å². The lowest BCUT2D eigenvalue weighted by molar-refractivity contribution is 0.513. The van der Waals surface area contributed by atoms with E-state index < -0.39 is 0 Å². The van der Waals surface area contributed by atoms with E-state index in [1.165, 1.54) is 44.1 Å². The molecule has 3 aliphatic rings. The molecule has 0 radical (unpaired) electrons. The maximum Gasteiger partial charge on any atom is 0.161 e. The van der Waals surface area contributed by atoms with Gasteiger partial charge >= 0.3 is 0 Å². The van der Waals surface area contributed by atoms with E-state index in [-0.39, 0.29) is 10.8 Å². The average molecular weight is 748 g/mol. The number of hydrogen-bond acceptors (Lipinski definition) is 3. The third-order valence-electron chi connectivity index (χ3n) is 13.4. The highest BCUT2D eigenvalue weighted by atomic mass is 16.3. The van der Waals surface area contributed by atoms with Gasteiger partial charge in [0.2, 0.25) is 0 Å². The highest BCUT2D eigenvalue weighted by Gasteiger charge is 2.50. The maximum atomic E-state index is 6.97. The molecule has 0 spiro atoms. The number of allylic oxidation sites excluding steroid dienone is 8. The van der Waals surface area contributed by atoms with Crippen LogP contribution in [0.15, 0.2) is 174 Å². The molecule has 2 atom stereocenters. The van der Waals surface area contributed by atoms with E-state index in [4.69, 9.17) is 14.4 Å². The zero-order chi connectivity index (χ0) is 38.8. The summed E-state index contributed by atoms with van der Waals surface area (Å²) in [5, 5.41) is 5.74. The van der Waals surface area contributed by atoms with Crippen LogP contribution >= 0.6 is 0 Å². The summed E-state index contributed by atoms with van der Waals surface area (Å²) in [5.41, 5.74) is 14.6. The molecule has 3 heterocycles. The number of furan rings is 1. The molecule has 0 bridgehead atoms. The van der Waals surface area contributed by atoms with Gasteiger partial charge in [0.15, 0.2) is 11.4 Å². The van der Waals surface area contributed by atoms with Crippen LogP contribution < -0.4 is 0 Å². The van der Waals surface area contributed by atoms with Crippen molar-refractivity contribution in [1.82, 2.24) is 14.5 Å². The third kappa shape index (κ3) is 4.57. The minimum atomic E-state index is -0.0753. The number of benzene rings is 6. The van der Waals surface area contributed by atoms with Crippen molar-refractivity contribution in [2.24, 2.45) is 0 Å². The van der Waals surface area contributed by atoms with Crippen LogP contribution in [0.4, 0.5) is 0 Å². The Morgan fingerprint density at radius 3 is 2.36 bits per heavy atom. The first kappa shape index (κ1) is 33.4. The van der Waals surface area contributed by atoms with Gasteiger partial charge < -0.3 is 8.98 Å². The lowest BCUT2D eigenvalue weighted by Crippen LogP contribution is -2.27. The van der Waals surface area contributed by atoms with E-state index in [9.17, 15) is 0 Å². The van der Waals surface area contributed by atoms with Crippen LogP contribution in [0.2, 0.25) is 0 Å². The quantitative estimate of drug-likeness (QED) is 0.180. The Hall–Kier alpha value is -6.78. The Balaban J connectivity index is 1.06. The van der Waals surface area contributed by atoms with E-state index >= 15 is 0 Å². The van der Waals surface area contributed by atoms with E-state index in [0.29, 0.717) is 11.7 Å². The Labute approximate surface area is 337 Å². The van der Waals surface area contributed by atoms with Crippen molar-refractivity contribution in [3.8, 4) is 17.1 Å². The Morgan fingerprint density at radius 2 is 1.50 bits per heavy atom. The standard InChI is InChI=1S/C54H41N3O/c1-53(2)40-30-31-43-48(49(40)54(3)32-12-11-25-46(53)54)37-18-8-10-22-42(37)57(43)44-23-13-19-38-47-39(20-14-24-45(47)58-51(38)44)52-55-41-21-9-7-17-36(41)50(56-52)35-28-26-34(27-29-35)33-15-5-4-6-16-33/h4-26,28-31,34H,27,32H2,1-3H3. The van der Waals surface area contributed by atoms with Gasteiger partial charge in [0, 0.05) is 49.2 Å². The first-order chi connectivity index (χ1) is 28.4. The van der Waals surface area contributed by atoms with Crippen LogP contribution in [-0.2, 0) is 10.8 Å². The summed E-state index contributed by atoms with van der Waals surface area (Å²) in [6.07, 6.45) is 15.8. The maximum absolute atomic E-state index is 6.97. The van der Waals surface area contributed by atoms with Gasteiger partial charge in [0.25, 0.3) is 0 Å². The van der Waals surface area contributed by atoms with Gasteiger partial charge in [-0.2, -0.15) is 0 Å². The second-order valence-electron chi connectivity index (χ2n) is 17.0. The van der Waals surface area contributed by atoms with Gasteiger partial charge in [-0.25, -0.2) is 9.97 Å². The molecule has 3 aromatic heterocycles. The Kier molecular flexibility index (Phi) is 6.97. The average Bonchev–Trinajstić information content (AvgIpc) is 3.87. The molecular formula is C54H41N3O. The van der Waals surface area contributed by atoms with Gasteiger partial charge in [0.1, 0.15) is 5.58 Å². The van der Waals surface area contributed by atoms with Crippen LogP contribution in [0, 0.1) is 0 Å². The molecule has 0 amide bonds. The van der Waals surface area contributed by atoms with Crippen molar-refractivity contribution in [3.63, 3.8) is 0 Å². The normalized spacial score (nSPS) is 19.6. The molecule has 0 N–H and O–H groups in total. The Bertz CT molecular complexity index is 3330. The molecular weight excluding hydrogens is 707 g/mol. The smallest absolute Gasteiger partial charge is 0.161 e. The van der Waals surface area contributed by atoms with Crippen molar-refractivity contribution >= 4 is 60.2 Å². The highest BCUT2D eigenvalue weighted by molar-refractivity contribution is 6.17. The molecule has 0 fully saturated rings. The van der Waals surface area contributed by atoms with Crippen molar-refractivity contribution in [1.29, 1.82) is 0 Å². The summed E-state index contributed by atoms with van der Waals surface area (Å²) in [6, 6.07) is 45.6. The van der Waals surface area contributed by atoms with Crippen LogP contribution in [-0.4, -0.2) is 14.5 Å². The number of para-hydroxylation sites is 3. The number of rotatable bonds is 4. The summed E-state index contributed by atoms with van der Waals surface area (Å²) >= 11 is 0. The van der Waals surface area contributed by atoms with Gasteiger partial charge in [0.05, 0.1) is 27.9 Å². The number of hydrogen-bond donors (Lipinski definition) is 0.